The Labute approximate surface area is 176 Å². The summed E-state index contributed by atoms with van der Waals surface area (Å²) >= 11 is 5.92. The van der Waals surface area contributed by atoms with Crippen LogP contribution in [-0.4, -0.2) is 48.7 Å². The number of urea groups is 1. The van der Waals surface area contributed by atoms with Crippen LogP contribution in [0.3, 0.4) is 0 Å². The van der Waals surface area contributed by atoms with E-state index in [0.717, 1.165) is 49.1 Å². The number of ether oxygens (including phenoxy) is 1. The lowest BCUT2D eigenvalue weighted by Crippen LogP contribution is -2.51. The Morgan fingerprint density at radius 3 is 2.66 bits per heavy atom. The van der Waals surface area contributed by atoms with Gasteiger partial charge in [-0.1, -0.05) is 11.6 Å². The minimum atomic E-state index is -0.202. The SMILES string of the molecule is COc1ccc([C@@H]2CN(CC3CC3)CC[C@H]2NC(=O)Nc2ccc(Cl)cc2)nc1. The van der Waals surface area contributed by atoms with Crippen LogP contribution in [0.2, 0.25) is 5.02 Å². The lowest BCUT2D eigenvalue weighted by atomic mass is 9.88. The van der Waals surface area contributed by atoms with Crippen molar-refractivity contribution in [2.75, 3.05) is 32.1 Å². The Kier molecular flexibility index (Phi) is 6.21. The van der Waals surface area contributed by atoms with Gasteiger partial charge in [0.25, 0.3) is 0 Å². The maximum atomic E-state index is 12.6. The number of likely N-dealkylation sites (tertiary alicyclic amines) is 1. The highest BCUT2D eigenvalue weighted by Crippen LogP contribution is 2.33. The summed E-state index contributed by atoms with van der Waals surface area (Å²) in [5.41, 5.74) is 1.71. The number of anilines is 1. The van der Waals surface area contributed by atoms with Crippen LogP contribution in [0.1, 0.15) is 30.9 Å². The van der Waals surface area contributed by atoms with Crippen molar-refractivity contribution in [2.24, 2.45) is 5.92 Å². The van der Waals surface area contributed by atoms with Gasteiger partial charge in [-0.25, -0.2) is 4.79 Å². The molecule has 2 heterocycles. The number of aromatic nitrogens is 1. The fraction of sp³-hybridized carbons (Fsp3) is 0.455. The van der Waals surface area contributed by atoms with Crippen LogP contribution in [-0.2, 0) is 0 Å². The molecule has 4 rings (SSSR count). The molecule has 2 fully saturated rings. The molecule has 6 nitrogen and oxygen atoms in total. The molecule has 2 atom stereocenters. The summed E-state index contributed by atoms with van der Waals surface area (Å²) < 4.78 is 5.24. The minimum absolute atomic E-state index is 0.0265. The van der Waals surface area contributed by atoms with Gasteiger partial charge >= 0.3 is 6.03 Å². The fourth-order valence-corrected chi connectivity index (χ4v) is 4.05. The molecule has 2 amide bonds. The lowest BCUT2D eigenvalue weighted by Gasteiger charge is -2.38. The molecule has 1 aromatic heterocycles. The van der Waals surface area contributed by atoms with Crippen LogP contribution in [0.5, 0.6) is 5.75 Å². The quantitative estimate of drug-likeness (QED) is 0.745. The van der Waals surface area contributed by atoms with Gasteiger partial charge in [-0.3, -0.25) is 4.98 Å². The van der Waals surface area contributed by atoms with Crippen LogP contribution in [0.4, 0.5) is 10.5 Å². The number of hydrogen-bond acceptors (Lipinski definition) is 4. The van der Waals surface area contributed by atoms with Gasteiger partial charge in [0.05, 0.1) is 13.3 Å². The zero-order chi connectivity index (χ0) is 20.2. The van der Waals surface area contributed by atoms with Gasteiger partial charge in [0.1, 0.15) is 5.75 Å². The first kappa shape index (κ1) is 20.0. The van der Waals surface area contributed by atoms with Crippen LogP contribution in [0.15, 0.2) is 42.6 Å². The fourth-order valence-electron chi connectivity index (χ4n) is 3.92. The van der Waals surface area contributed by atoms with Gasteiger partial charge in [0, 0.05) is 48.0 Å². The van der Waals surface area contributed by atoms with Crippen LogP contribution < -0.4 is 15.4 Å². The standard InChI is InChI=1S/C22H27ClN4O2/c1-29-18-8-9-20(24-12-18)19-14-27(13-15-2-3-15)11-10-21(19)26-22(28)25-17-6-4-16(23)5-7-17/h4-9,12,15,19,21H,2-3,10-11,13-14H2,1H3,(H2,25,26,28)/t19-,21+/m0/s1. The maximum Gasteiger partial charge on any atom is 0.319 e. The van der Waals surface area contributed by atoms with E-state index in [2.05, 4.69) is 20.5 Å². The van der Waals surface area contributed by atoms with Crippen molar-refractivity contribution in [3.8, 4) is 5.75 Å². The molecule has 7 heteroatoms. The predicted octanol–water partition coefficient (Wildman–Crippen LogP) is 4.13. The van der Waals surface area contributed by atoms with Gasteiger partial charge in [0.2, 0.25) is 0 Å². The van der Waals surface area contributed by atoms with Crippen LogP contribution >= 0.6 is 11.6 Å². The average Bonchev–Trinajstić information content (AvgIpc) is 3.55. The van der Waals surface area contributed by atoms with E-state index in [4.69, 9.17) is 16.3 Å². The number of pyridine rings is 1. The molecule has 1 saturated heterocycles. The molecule has 154 valence electrons. The highest BCUT2D eigenvalue weighted by Gasteiger charge is 2.34. The molecule has 1 saturated carbocycles. The number of hydrogen-bond donors (Lipinski definition) is 2. The first-order valence-electron chi connectivity index (χ1n) is 10.2. The Hall–Kier alpha value is -2.31. The van der Waals surface area contributed by atoms with Crippen molar-refractivity contribution in [3.63, 3.8) is 0 Å². The highest BCUT2D eigenvalue weighted by molar-refractivity contribution is 6.30. The predicted molar refractivity (Wildman–Crippen MR) is 115 cm³/mol. The second kappa shape index (κ2) is 9.01. The van der Waals surface area contributed by atoms with Gasteiger partial charge < -0.3 is 20.3 Å². The van der Waals surface area contributed by atoms with Crippen molar-refractivity contribution < 1.29 is 9.53 Å². The summed E-state index contributed by atoms with van der Waals surface area (Å²) in [7, 11) is 1.64. The third-order valence-corrected chi connectivity index (χ3v) is 5.96. The van der Waals surface area contributed by atoms with Gasteiger partial charge in [-0.2, -0.15) is 0 Å². The molecule has 2 aliphatic rings. The van der Waals surface area contributed by atoms with E-state index in [-0.39, 0.29) is 18.0 Å². The number of carbonyl (C=O) groups excluding carboxylic acids is 1. The smallest absolute Gasteiger partial charge is 0.319 e. The van der Waals surface area contributed by atoms with Crippen molar-refractivity contribution in [1.82, 2.24) is 15.2 Å². The molecule has 2 N–H and O–H groups in total. The molecular weight excluding hydrogens is 388 g/mol. The molecular formula is C22H27ClN4O2. The third-order valence-electron chi connectivity index (χ3n) is 5.70. The number of nitrogens with one attached hydrogen (secondary N) is 2. The second-order valence-electron chi connectivity index (χ2n) is 7.93. The Morgan fingerprint density at radius 2 is 2.00 bits per heavy atom. The number of piperidine rings is 1. The molecule has 0 bridgehead atoms. The summed E-state index contributed by atoms with van der Waals surface area (Å²) in [6.07, 6.45) is 5.33. The van der Waals surface area contributed by atoms with E-state index in [0.29, 0.717) is 5.02 Å². The van der Waals surface area contributed by atoms with Crippen molar-refractivity contribution in [3.05, 3.63) is 53.3 Å². The summed E-state index contributed by atoms with van der Waals surface area (Å²) in [4.78, 5) is 19.7. The first-order valence-corrected chi connectivity index (χ1v) is 10.5. The molecule has 1 aliphatic heterocycles. The van der Waals surface area contributed by atoms with E-state index in [1.54, 1.807) is 37.6 Å². The maximum absolute atomic E-state index is 12.6. The number of amides is 2. The number of methoxy groups -OCH3 is 1. The monoisotopic (exact) mass is 414 g/mol. The number of rotatable bonds is 6. The van der Waals surface area contributed by atoms with E-state index in [1.165, 1.54) is 12.8 Å². The van der Waals surface area contributed by atoms with Crippen LogP contribution in [0, 0.1) is 5.92 Å². The van der Waals surface area contributed by atoms with Gasteiger partial charge in [-0.05, 0) is 61.6 Å². The topological polar surface area (TPSA) is 66.5 Å². The summed E-state index contributed by atoms with van der Waals surface area (Å²) in [5, 5.41) is 6.71. The zero-order valence-electron chi connectivity index (χ0n) is 16.6. The van der Waals surface area contributed by atoms with Crippen LogP contribution in [0.25, 0.3) is 0 Å². The average molecular weight is 415 g/mol. The number of halogens is 1. The van der Waals surface area contributed by atoms with E-state index in [9.17, 15) is 4.79 Å². The summed E-state index contributed by atoms with van der Waals surface area (Å²) in [5.74, 6) is 1.73. The molecule has 2 aromatic rings. The lowest BCUT2D eigenvalue weighted by molar-refractivity contribution is 0.168. The van der Waals surface area contributed by atoms with Gasteiger partial charge in [0.15, 0.2) is 0 Å². The van der Waals surface area contributed by atoms with E-state index >= 15 is 0 Å². The highest BCUT2D eigenvalue weighted by atomic mass is 35.5. The molecule has 1 aromatic carbocycles. The van der Waals surface area contributed by atoms with Crippen molar-refractivity contribution in [2.45, 2.75) is 31.2 Å². The van der Waals surface area contributed by atoms with Gasteiger partial charge in [-0.15, -0.1) is 0 Å². The first-order chi connectivity index (χ1) is 14.1. The molecule has 0 radical (unpaired) electrons. The van der Waals surface area contributed by atoms with E-state index in [1.807, 2.05) is 12.1 Å². The number of carbonyl (C=O) groups is 1. The Bertz CT molecular complexity index is 824. The largest absolute Gasteiger partial charge is 0.495 e. The molecule has 0 spiro atoms. The molecule has 29 heavy (non-hydrogen) atoms. The molecule has 0 unspecified atom stereocenters. The van der Waals surface area contributed by atoms with Crippen molar-refractivity contribution in [1.29, 1.82) is 0 Å². The summed E-state index contributed by atoms with van der Waals surface area (Å²) in [6.45, 7) is 3.05. The summed E-state index contributed by atoms with van der Waals surface area (Å²) in [6, 6.07) is 10.9. The normalized spacial score (nSPS) is 22.1. The number of benzene rings is 1. The van der Waals surface area contributed by atoms with E-state index < -0.39 is 0 Å². The minimum Gasteiger partial charge on any atom is -0.495 e. The Balaban J connectivity index is 1.44. The van der Waals surface area contributed by atoms with Crippen molar-refractivity contribution >= 4 is 23.3 Å². The second-order valence-corrected chi connectivity index (χ2v) is 8.37. The zero-order valence-corrected chi connectivity index (χ0v) is 17.4. The number of nitrogens with zero attached hydrogens (tertiary/aromatic N) is 2. The third kappa shape index (κ3) is 5.40. The Morgan fingerprint density at radius 1 is 1.21 bits per heavy atom. The molecule has 1 aliphatic carbocycles.